The van der Waals surface area contributed by atoms with Gasteiger partial charge >= 0.3 is 11.9 Å². The molecule has 3 aliphatic heterocycles. The van der Waals surface area contributed by atoms with Crippen LogP contribution in [0.4, 0.5) is 11.4 Å². The Morgan fingerprint density at radius 1 is 0.495 bits per heavy atom. The topological polar surface area (TPSA) is 188 Å². The number of anilines is 2. The highest BCUT2D eigenvalue weighted by Crippen LogP contribution is 2.51. The van der Waals surface area contributed by atoms with Gasteiger partial charge in [0.05, 0.1) is 88.2 Å². The number of esters is 1. The van der Waals surface area contributed by atoms with E-state index in [0.717, 1.165) is 152 Å². The van der Waals surface area contributed by atoms with E-state index < -0.39 is 5.97 Å². The molecule has 9 atom stereocenters. The van der Waals surface area contributed by atoms with Crippen LogP contribution < -0.4 is 15.1 Å². The molecule has 97 heavy (non-hydrogen) atoms. The quantitative estimate of drug-likeness (QED) is 0.0510. The number of halogens is 7. The van der Waals surface area contributed by atoms with Gasteiger partial charge in [0.2, 0.25) is 0 Å². The van der Waals surface area contributed by atoms with E-state index in [1.165, 1.54) is 19.2 Å². The molecule has 0 amide bonds. The number of hydrogen-bond acceptors (Lipinski definition) is 15. The Bertz CT molecular complexity index is 4100. The third kappa shape index (κ3) is 14.9. The van der Waals surface area contributed by atoms with Crippen molar-refractivity contribution in [3.05, 3.63) is 178 Å². The van der Waals surface area contributed by atoms with Crippen molar-refractivity contribution in [2.45, 2.75) is 164 Å². The Hall–Kier alpha value is -5.42. The van der Waals surface area contributed by atoms with Gasteiger partial charge in [0.25, 0.3) is 0 Å². The van der Waals surface area contributed by atoms with Crippen molar-refractivity contribution in [2.75, 3.05) is 36.5 Å². The fourth-order valence-corrected chi connectivity index (χ4v) is 17.3. The zero-order valence-corrected chi connectivity index (χ0v) is 60.3. The second-order valence-corrected chi connectivity index (χ2v) is 29.8. The third-order valence-electron chi connectivity index (χ3n) is 20.9. The van der Waals surface area contributed by atoms with Crippen molar-refractivity contribution in [1.82, 2.24) is 20.8 Å². The fourth-order valence-electron chi connectivity index (χ4n) is 15.6. The highest BCUT2D eigenvalue weighted by molar-refractivity contribution is 14.0. The van der Waals surface area contributed by atoms with E-state index in [9.17, 15) is 9.59 Å². The van der Waals surface area contributed by atoms with Crippen molar-refractivity contribution >= 4 is 117 Å². The van der Waals surface area contributed by atoms with Crippen LogP contribution in [0.15, 0.2) is 117 Å². The van der Waals surface area contributed by atoms with Gasteiger partial charge in [-0.15, -0.1) is 24.0 Å². The van der Waals surface area contributed by atoms with Crippen molar-refractivity contribution < 1.29 is 47.2 Å². The maximum Gasteiger partial charge on any atom is 0.309 e. The number of piperidine rings is 3. The molecule has 9 fully saturated rings. The molecule has 6 bridgehead atoms. The number of carbonyl (C=O) groups is 2. The van der Waals surface area contributed by atoms with Gasteiger partial charge in [-0.1, -0.05) is 128 Å². The number of ether oxygens (including phenoxy) is 4. The van der Waals surface area contributed by atoms with Crippen LogP contribution in [-0.4, -0.2) is 95.7 Å². The van der Waals surface area contributed by atoms with Gasteiger partial charge in [0, 0.05) is 112 Å². The lowest BCUT2D eigenvalue weighted by atomic mass is 10.0. The Morgan fingerprint density at radius 3 is 1.15 bits per heavy atom. The number of methoxy groups -OCH3 is 1. The van der Waals surface area contributed by atoms with E-state index in [-0.39, 0.29) is 48.6 Å². The summed E-state index contributed by atoms with van der Waals surface area (Å²) in [5.74, 6) is 4.56. The molecule has 9 aliphatic rings. The zero-order valence-electron chi connectivity index (χ0n) is 53.4. The molecule has 0 radical (unpaired) electrons. The van der Waals surface area contributed by atoms with E-state index in [2.05, 4.69) is 42.7 Å². The molecule has 0 spiro atoms. The predicted octanol–water partition coefficient (Wildman–Crippen LogP) is 18.2. The second kappa shape index (κ2) is 29.6. The molecule has 6 heterocycles. The first kappa shape index (κ1) is 68.7. The van der Waals surface area contributed by atoms with Crippen LogP contribution in [0.25, 0.3) is 33.8 Å². The lowest BCUT2D eigenvalue weighted by Crippen LogP contribution is -2.38. The SMILES string of the molecule is COC(=O)Cc1ccc(N2C[C@@H]3C[C@H]2C[C@H]3OCc2c(-c3c(Cl)cccc3Cl)noc2C2CC2)cc1.Clc1cccc(Cl)c1-c1noc(C2CC2)c1CO[C@@H]1C[C@@H]2C[C@H]1CN2.I.O=C(O)Cc1ccc(N2C[C@@H]3C[C@H]2C[C@H]3OCc2c(-c3c(Cl)cccc3Cl)noc2C2CC2)cc1. The van der Waals surface area contributed by atoms with Crippen LogP contribution >= 0.6 is 93.6 Å². The number of rotatable bonds is 21. The van der Waals surface area contributed by atoms with Gasteiger partial charge in [-0.05, 0) is 155 Å². The Labute approximate surface area is 610 Å². The highest BCUT2D eigenvalue weighted by atomic mass is 127. The smallest absolute Gasteiger partial charge is 0.309 e. The predicted molar refractivity (Wildman–Crippen MR) is 385 cm³/mol. The van der Waals surface area contributed by atoms with Gasteiger partial charge in [0.1, 0.15) is 34.4 Å². The average molecular weight is 1550 g/mol. The average Bonchev–Trinajstić information content (AvgIpc) is 1.67. The minimum absolute atomic E-state index is 0. The van der Waals surface area contributed by atoms with E-state index in [0.29, 0.717) is 139 Å². The number of carboxylic acids is 1. The first-order valence-electron chi connectivity index (χ1n) is 33.6. The summed E-state index contributed by atoms with van der Waals surface area (Å²) in [5.41, 5.74) is 11.4. The van der Waals surface area contributed by atoms with Gasteiger partial charge < -0.3 is 52.7 Å². The molecule has 3 aromatic heterocycles. The van der Waals surface area contributed by atoms with Crippen LogP contribution in [0.2, 0.25) is 30.1 Å². The standard InChI is InChI=1S/C28H28Cl2N2O4.C27H26Cl2N2O4.C19H20Cl2N2O2.HI/c1-34-25(33)11-16-5-9-19(10-6-16)32-14-18-12-20(32)13-24(18)35-15-21-27(31-36-28(21)17-7-8-17)26-22(29)3-2-4-23(26)30;28-21-2-1-3-22(29)25(21)26-20(27(35-30-26)16-6-7-16)14-34-23-12-19-11-17(23)13-31(19)18-8-4-15(5-9-18)10-24(32)33;20-14-2-1-3-15(21)17(14)18-13(19(25-23-18)10-4-5-10)9-24-16-7-12-6-11(16)8-22-12;/h2-6,9-10,17-18,20,24H,7-8,11-15H2,1H3;1-5,8-9,16-17,19,23H,6-7,10-14H2,(H,32,33);1-3,10-12,16,22H,4-9H2;1H/t18-,20-,24+;17-,19-,23+;11-,12-,16+;/m000./s1. The first-order valence-corrected chi connectivity index (χ1v) is 35.8. The molecule has 5 aromatic carbocycles. The molecule has 23 heteroatoms. The molecule has 2 N–H and O–H groups in total. The van der Waals surface area contributed by atoms with Crippen molar-refractivity contribution in [3.8, 4) is 33.8 Å². The van der Waals surface area contributed by atoms with Crippen LogP contribution in [0.1, 0.15) is 140 Å². The molecule has 6 saturated carbocycles. The summed E-state index contributed by atoms with van der Waals surface area (Å²) in [6.45, 7) is 4.37. The summed E-state index contributed by atoms with van der Waals surface area (Å²) in [6, 6.07) is 34.1. The molecule has 17 rings (SSSR count). The number of aliphatic carboxylic acids is 1. The number of carbonyl (C=O) groups excluding carboxylic acids is 1. The molecule has 3 saturated heterocycles. The summed E-state index contributed by atoms with van der Waals surface area (Å²) < 4.78 is 41.4. The molecule has 510 valence electrons. The molecule has 16 nitrogen and oxygen atoms in total. The van der Waals surface area contributed by atoms with Crippen molar-refractivity contribution in [2.24, 2.45) is 17.8 Å². The lowest BCUT2D eigenvalue weighted by molar-refractivity contribution is -0.140. The van der Waals surface area contributed by atoms with E-state index >= 15 is 0 Å². The normalized spacial score (nSPS) is 24.1. The number of nitrogens with zero attached hydrogens (tertiary/aromatic N) is 5. The number of carboxylic acid groups (broad SMARTS) is 1. The van der Waals surface area contributed by atoms with Crippen LogP contribution in [0, 0.1) is 17.8 Å². The van der Waals surface area contributed by atoms with Gasteiger partial charge in [-0.2, -0.15) is 0 Å². The van der Waals surface area contributed by atoms with Gasteiger partial charge in [0.15, 0.2) is 0 Å². The Kier molecular flexibility index (Phi) is 21.0. The largest absolute Gasteiger partial charge is 0.481 e. The molecular weight excluding hydrogens is 1470 g/mol. The third-order valence-corrected chi connectivity index (χ3v) is 22.8. The zero-order chi connectivity index (χ0) is 65.9. The molecule has 6 aliphatic carbocycles. The maximum absolute atomic E-state index is 11.5. The molecule has 8 aromatic rings. The summed E-state index contributed by atoms with van der Waals surface area (Å²) in [5, 5.41) is 29.0. The van der Waals surface area contributed by atoms with E-state index in [1.54, 1.807) is 0 Å². The summed E-state index contributed by atoms with van der Waals surface area (Å²) >= 11 is 38.8. The Morgan fingerprint density at radius 2 is 0.856 bits per heavy atom. The Balaban J connectivity index is 0.000000126. The van der Waals surface area contributed by atoms with Crippen LogP contribution in [-0.2, 0) is 61.2 Å². The maximum atomic E-state index is 11.5. The second-order valence-electron chi connectivity index (χ2n) is 27.4. The minimum Gasteiger partial charge on any atom is -0.481 e. The van der Waals surface area contributed by atoms with Crippen molar-refractivity contribution in [3.63, 3.8) is 0 Å². The number of nitrogens with one attached hydrogen (secondary N) is 1. The van der Waals surface area contributed by atoms with Crippen LogP contribution in [0.5, 0.6) is 0 Å². The monoisotopic (exact) mass is 1540 g/mol. The summed E-state index contributed by atoms with van der Waals surface area (Å²) in [4.78, 5) is 27.4. The lowest BCUT2D eigenvalue weighted by Gasteiger charge is -2.33. The van der Waals surface area contributed by atoms with Gasteiger partial charge in [-0.25, -0.2) is 0 Å². The summed E-state index contributed by atoms with van der Waals surface area (Å²) in [7, 11) is 1.42. The minimum atomic E-state index is -0.810. The number of aromatic nitrogens is 3. The molecular formula is C74H75Cl6IN6O10. The molecule has 0 unspecified atom stereocenters. The van der Waals surface area contributed by atoms with Crippen molar-refractivity contribution in [1.29, 1.82) is 0 Å². The number of hydrogen-bond donors (Lipinski definition) is 2. The first-order chi connectivity index (χ1) is 46.7. The number of benzene rings is 5. The van der Waals surface area contributed by atoms with Crippen LogP contribution in [0.3, 0.4) is 0 Å². The highest BCUT2D eigenvalue weighted by Gasteiger charge is 2.48. The van der Waals surface area contributed by atoms with Gasteiger partial charge in [-0.3, -0.25) is 9.59 Å². The van der Waals surface area contributed by atoms with E-state index in [1.807, 2.05) is 91.0 Å². The number of fused-ring (bicyclic) bond motifs is 6. The fraction of sp³-hybridized carbons (Fsp3) is 0.446. The van der Waals surface area contributed by atoms with E-state index in [4.69, 9.17) is 107 Å². The summed E-state index contributed by atoms with van der Waals surface area (Å²) in [6.07, 6.45) is 14.3.